The lowest BCUT2D eigenvalue weighted by Crippen LogP contribution is -2.21. The summed E-state index contributed by atoms with van der Waals surface area (Å²) >= 11 is 0. The number of aryl methyl sites for hydroxylation is 1. The van der Waals surface area contributed by atoms with E-state index in [2.05, 4.69) is 25.4 Å². The van der Waals surface area contributed by atoms with Gasteiger partial charge in [0, 0.05) is 42.7 Å². The molecule has 2 aliphatic rings. The van der Waals surface area contributed by atoms with Gasteiger partial charge in [-0.1, -0.05) is 12.2 Å². The van der Waals surface area contributed by atoms with E-state index in [1.165, 1.54) is 12.2 Å². The molecule has 2 bridgehead atoms. The van der Waals surface area contributed by atoms with E-state index >= 15 is 8.78 Å². The first kappa shape index (κ1) is 17.4. The second kappa shape index (κ2) is 6.40. The lowest BCUT2D eigenvalue weighted by Gasteiger charge is -2.16. The molecule has 0 saturated carbocycles. The lowest BCUT2D eigenvalue weighted by atomic mass is 10.0. The van der Waals surface area contributed by atoms with Gasteiger partial charge in [-0.3, -0.25) is 9.67 Å². The molecule has 29 heavy (non-hydrogen) atoms. The van der Waals surface area contributed by atoms with E-state index in [9.17, 15) is 0 Å². The highest BCUT2D eigenvalue weighted by molar-refractivity contribution is 5.74. The van der Waals surface area contributed by atoms with Gasteiger partial charge >= 0.3 is 5.92 Å². The number of rotatable bonds is 3. The van der Waals surface area contributed by atoms with Gasteiger partial charge in [0.25, 0.3) is 0 Å². The number of nitrogens with zero attached hydrogens (tertiary/aromatic N) is 7. The van der Waals surface area contributed by atoms with Crippen LogP contribution in [0.1, 0.15) is 12.2 Å². The second-order valence-electron chi connectivity index (χ2n) is 6.80. The SMILES string of the molecule is Cn1cc(-c2ccc3nnc(C(F)(F)C4=CC=C5CC(=C4)C=CC=N5)n3n2)cn1. The van der Waals surface area contributed by atoms with Crippen molar-refractivity contribution in [1.29, 1.82) is 0 Å². The quantitative estimate of drug-likeness (QED) is 0.686. The Morgan fingerprint density at radius 1 is 1.14 bits per heavy atom. The minimum Gasteiger partial charge on any atom is -0.275 e. The van der Waals surface area contributed by atoms with Crippen molar-refractivity contribution < 1.29 is 8.78 Å². The number of hydrogen-bond acceptors (Lipinski definition) is 5. The Hall–Kier alpha value is -3.75. The fourth-order valence-electron chi connectivity index (χ4n) is 3.27. The molecule has 1 aliphatic heterocycles. The van der Waals surface area contributed by atoms with E-state index < -0.39 is 11.7 Å². The van der Waals surface area contributed by atoms with E-state index in [0.717, 1.165) is 15.8 Å². The normalized spacial score (nSPS) is 16.3. The third-order valence-electron chi connectivity index (χ3n) is 4.72. The molecule has 4 heterocycles. The fraction of sp³-hybridized carbons (Fsp3) is 0.150. The van der Waals surface area contributed by atoms with Crippen LogP contribution in [0, 0.1) is 0 Å². The van der Waals surface area contributed by atoms with Gasteiger partial charge in [-0.2, -0.15) is 23.5 Å². The van der Waals surface area contributed by atoms with Crippen molar-refractivity contribution in [2.45, 2.75) is 12.3 Å². The summed E-state index contributed by atoms with van der Waals surface area (Å²) in [6.07, 6.45) is 13.5. The Morgan fingerprint density at radius 3 is 2.86 bits per heavy atom. The van der Waals surface area contributed by atoms with Crippen molar-refractivity contribution in [2.24, 2.45) is 12.0 Å². The van der Waals surface area contributed by atoms with Crippen molar-refractivity contribution in [3.8, 4) is 11.3 Å². The molecule has 0 N–H and O–H groups in total. The summed E-state index contributed by atoms with van der Waals surface area (Å²) < 4.78 is 33.7. The highest BCUT2D eigenvalue weighted by Gasteiger charge is 2.41. The molecule has 0 atom stereocenters. The second-order valence-corrected chi connectivity index (χ2v) is 6.80. The summed E-state index contributed by atoms with van der Waals surface area (Å²) in [4.78, 5) is 4.25. The van der Waals surface area contributed by atoms with Crippen molar-refractivity contribution in [3.05, 3.63) is 77.6 Å². The van der Waals surface area contributed by atoms with Gasteiger partial charge in [0.2, 0.25) is 5.82 Å². The molecule has 0 saturated heterocycles. The zero-order valence-corrected chi connectivity index (χ0v) is 15.4. The topological polar surface area (TPSA) is 73.3 Å². The number of allylic oxidation sites excluding steroid dienone is 7. The summed E-state index contributed by atoms with van der Waals surface area (Å²) in [5.74, 6) is -3.94. The number of halogens is 2. The zero-order valence-electron chi connectivity index (χ0n) is 15.4. The van der Waals surface area contributed by atoms with Crippen LogP contribution in [0.4, 0.5) is 8.78 Å². The average molecular weight is 391 g/mol. The first-order chi connectivity index (χ1) is 14.0. The van der Waals surface area contributed by atoms with Crippen molar-refractivity contribution >= 4 is 11.9 Å². The predicted molar refractivity (Wildman–Crippen MR) is 103 cm³/mol. The summed E-state index contributed by atoms with van der Waals surface area (Å²) in [6, 6.07) is 3.31. The first-order valence-electron chi connectivity index (χ1n) is 8.93. The molecule has 5 rings (SSSR count). The van der Waals surface area contributed by atoms with Crippen LogP contribution in [0.5, 0.6) is 0 Å². The molecule has 0 aromatic carbocycles. The fourth-order valence-corrected chi connectivity index (χ4v) is 3.27. The maximum atomic E-state index is 15.5. The molecule has 1 aliphatic carbocycles. The largest absolute Gasteiger partial charge is 0.333 e. The molecule has 0 fully saturated rings. The molecule has 3 aromatic rings. The molecule has 7 nitrogen and oxygen atoms in total. The minimum absolute atomic E-state index is 0.188. The molecular formula is C20H15F2N7. The number of fused-ring (bicyclic) bond motifs is 3. The first-order valence-corrected chi connectivity index (χ1v) is 8.93. The number of aromatic nitrogens is 6. The van der Waals surface area contributed by atoms with Crippen LogP contribution < -0.4 is 0 Å². The predicted octanol–water partition coefficient (Wildman–Crippen LogP) is 3.40. The van der Waals surface area contributed by atoms with Crippen molar-refractivity contribution in [3.63, 3.8) is 0 Å². The van der Waals surface area contributed by atoms with Crippen LogP contribution >= 0.6 is 0 Å². The highest BCUT2D eigenvalue weighted by atomic mass is 19.3. The molecule has 144 valence electrons. The Morgan fingerprint density at radius 2 is 2.03 bits per heavy atom. The van der Waals surface area contributed by atoms with Gasteiger partial charge in [-0.25, -0.2) is 0 Å². The Balaban J connectivity index is 1.62. The molecule has 0 amide bonds. The van der Waals surface area contributed by atoms with Crippen LogP contribution in [0.25, 0.3) is 16.9 Å². The third kappa shape index (κ3) is 3.00. The van der Waals surface area contributed by atoms with Gasteiger partial charge in [0.05, 0.1) is 11.9 Å². The summed E-state index contributed by atoms with van der Waals surface area (Å²) in [7, 11) is 1.78. The third-order valence-corrected chi connectivity index (χ3v) is 4.72. The monoisotopic (exact) mass is 391 g/mol. The number of aliphatic imine (C=N–C) groups is 1. The number of hydrogen-bond donors (Lipinski definition) is 0. The van der Waals surface area contributed by atoms with Gasteiger partial charge in [-0.15, -0.1) is 10.2 Å². The van der Waals surface area contributed by atoms with Gasteiger partial charge in [-0.05, 0) is 35.9 Å². The van der Waals surface area contributed by atoms with Gasteiger partial charge < -0.3 is 0 Å². The van der Waals surface area contributed by atoms with E-state index in [4.69, 9.17) is 0 Å². The maximum absolute atomic E-state index is 15.5. The zero-order chi connectivity index (χ0) is 20.0. The highest BCUT2D eigenvalue weighted by Crippen LogP contribution is 2.38. The van der Waals surface area contributed by atoms with Crippen LogP contribution in [0.2, 0.25) is 0 Å². The summed E-state index contributed by atoms with van der Waals surface area (Å²) in [6.45, 7) is 0. The molecule has 0 unspecified atom stereocenters. The van der Waals surface area contributed by atoms with Crippen LogP contribution in [-0.2, 0) is 13.0 Å². The van der Waals surface area contributed by atoms with Crippen LogP contribution in [0.3, 0.4) is 0 Å². The van der Waals surface area contributed by atoms with Crippen molar-refractivity contribution in [1.82, 2.24) is 29.6 Å². The molecule has 0 spiro atoms. The number of alkyl halides is 2. The van der Waals surface area contributed by atoms with Gasteiger partial charge in [0.15, 0.2) is 5.65 Å². The molecule has 0 radical (unpaired) electrons. The molecule has 9 heteroatoms. The van der Waals surface area contributed by atoms with Crippen LogP contribution in [0.15, 0.2) is 76.7 Å². The van der Waals surface area contributed by atoms with E-state index in [1.54, 1.807) is 60.7 Å². The smallest absolute Gasteiger partial charge is 0.275 e. The summed E-state index contributed by atoms with van der Waals surface area (Å²) in [5.41, 5.74) is 2.73. The van der Waals surface area contributed by atoms with E-state index in [-0.39, 0.29) is 11.2 Å². The van der Waals surface area contributed by atoms with Gasteiger partial charge in [0.1, 0.15) is 0 Å². The van der Waals surface area contributed by atoms with Crippen molar-refractivity contribution in [2.75, 3.05) is 0 Å². The van der Waals surface area contributed by atoms with E-state index in [0.29, 0.717) is 17.7 Å². The lowest BCUT2D eigenvalue weighted by molar-refractivity contribution is 0.0298. The average Bonchev–Trinajstić information content (AvgIpc) is 3.19. The molecule has 3 aromatic heterocycles. The Kier molecular flexibility index (Phi) is 3.83. The maximum Gasteiger partial charge on any atom is 0.333 e. The van der Waals surface area contributed by atoms with Crippen LogP contribution in [-0.4, -0.2) is 35.8 Å². The Bertz CT molecular complexity index is 1270. The standard InChI is InChI=1S/C20H15F2N7/c1-28-12-14(11-24-28)17-6-7-18-25-26-19(29(18)27-17)20(21,22)15-4-5-16-10-13(9-15)3-2-8-23-16/h2-9,11-12H,10H2,1H3. The minimum atomic E-state index is -3.39. The molecular weight excluding hydrogens is 376 g/mol. The Labute approximate surface area is 164 Å². The summed E-state index contributed by atoms with van der Waals surface area (Å²) in [5, 5.41) is 16.1. The van der Waals surface area contributed by atoms with E-state index in [1.807, 2.05) is 0 Å².